The van der Waals surface area contributed by atoms with Crippen LogP contribution < -0.4 is 0 Å². The average molecular weight is 1520 g/mol. The van der Waals surface area contributed by atoms with Crippen LogP contribution in [0.1, 0.15) is 464 Å². The lowest BCUT2D eigenvalue weighted by Crippen LogP contribution is -2.30. The van der Waals surface area contributed by atoms with Crippen LogP contribution >= 0.6 is 15.6 Å². The van der Waals surface area contributed by atoms with Crippen molar-refractivity contribution >= 4 is 39.5 Å². The van der Waals surface area contributed by atoms with E-state index in [9.17, 15) is 43.2 Å². The molecule has 0 heterocycles. The number of ether oxygens (including phenoxy) is 4. The van der Waals surface area contributed by atoms with Crippen LogP contribution in [0.15, 0.2) is 0 Å². The van der Waals surface area contributed by atoms with Gasteiger partial charge < -0.3 is 33.8 Å². The predicted octanol–water partition coefficient (Wildman–Crippen LogP) is 26.1. The molecule has 0 amide bonds. The molecule has 19 heteroatoms. The smallest absolute Gasteiger partial charge is 0.462 e. The van der Waals surface area contributed by atoms with Gasteiger partial charge in [0.25, 0.3) is 0 Å². The van der Waals surface area contributed by atoms with Crippen molar-refractivity contribution in [2.75, 3.05) is 39.6 Å². The van der Waals surface area contributed by atoms with Crippen molar-refractivity contribution in [3.63, 3.8) is 0 Å². The second kappa shape index (κ2) is 79.2. The van der Waals surface area contributed by atoms with E-state index >= 15 is 0 Å². The Morgan fingerprint density at radius 1 is 0.231 bits per heavy atom. The predicted molar refractivity (Wildman–Crippen MR) is 428 cm³/mol. The maximum absolute atomic E-state index is 13.1. The molecule has 0 spiro atoms. The zero-order valence-electron chi connectivity index (χ0n) is 68.0. The van der Waals surface area contributed by atoms with Gasteiger partial charge in [-0.15, -0.1) is 0 Å². The van der Waals surface area contributed by atoms with Crippen molar-refractivity contribution in [2.45, 2.75) is 483 Å². The summed E-state index contributed by atoms with van der Waals surface area (Å²) in [7, 11) is -9.92. The molecule has 0 aliphatic heterocycles. The Kier molecular flexibility index (Phi) is 77.7. The summed E-state index contributed by atoms with van der Waals surface area (Å²) < 4.78 is 68.9. The molecule has 0 aliphatic carbocycles. The zero-order chi connectivity index (χ0) is 76.0. The lowest BCUT2D eigenvalue weighted by molar-refractivity contribution is -0.161. The maximum atomic E-state index is 13.1. The summed E-state index contributed by atoms with van der Waals surface area (Å²) >= 11 is 0. The molecular weight excluding hydrogens is 1350 g/mol. The quantitative estimate of drug-likeness (QED) is 0.0222. The van der Waals surface area contributed by atoms with Crippen molar-refractivity contribution in [1.82, 2.24) is 0 Å². The molecular formula is C85H166O17P2. The van der Waals surface area contributed by atoms with Gasteiger partial charge in [-0.1, -0.05) is 413 Å². The Hall–Kier alpha value is -1.94. The van der Waals surface area contributed by atoms with E-state index in [-0.39, 0.29) is 25.7 Å². The molecule has 618 valence electrons. The van der Waals surface area contributed by atoms with Gasteiger partial charge in [-0.3, -0.25) is 37.3 Å². The summed E-state index contributed by atoms with van der Waals surface area (Å²) in [5.41, 5.74) is 0. The third-order valence-electron chi connectivity index (χ3n) is 20.1. The van der Waals surface area contributed by atoms with Gasteiger partial charge in [0.15, 0.2) is 12.2 Å². The second-order valence-electron chi connectivity index (χ2n) is 30.6. The second-order valence-corrected chi connectivity index (χ2v) is 33.5. The first-order valence-corrected chi connectivity index (χ1v) is 47.3. The number of aliphatic hydroxyl groups excluding tert-OH is 1. The summed E-state index contributed by atoms with van der Waals surface area (Å²) in [5, 5.41) is 10.7. The Morgan fingerprint density at radius 2 is 0.385 bits per heavy atom. The number of carbonyl (C=O) groups is 4. The Labute approximate surface area is 638 Å². The summed E-state index contributed by atoms with van der Waals surface area (Å²) in [6, 6.07) is 0. The topological polar surface area (TPSA) is 237 Å². The summed E-state index contributed by atoms with van der Waals surface area (Å²) in [6.07, 6.45) is 73.5. The zero-order valence-corrected chi connectivity index (χ0v) is 69.8. The molecule has 5 atom stereocenters. The molecule has 0 aromatic rings. The van der Waals surface area contributed by atoms with Crippen LogP contribution in [0.5, 0.6) is 0 Å². The fraction of sp³-hybridized carbons (Fsp3) is 0.953. The van der Waals surface area contributed by atoms with Gasteiger partial charge in [0.05, 0.1) is 26.4 Å². The highest BCUT2D eigenvalue weighted by Crippen LogP contribution is 2.45. The van der Waals surface area contributed by atoms with Crippen LogP contribution in [0.3, 0.4) is 0 Å². The average Bonchev–Trinajstić information content (AvgIpc) is 0.911. The minimum absolute atomic E-state index is 0.109. The van der Waals surface area contributed by atoms with E-state index in [1.54, 1.807) is 0 Å². The maximum Gasteiger partial charge on any atom is 0.472 e. The van der Waals surface area contributed by atoms with Crippen LogP contribution in [0.25, 0.3) is 0 Å². The van der Waals surface area contributed by atoms with E-state index in [0.29, 0.717) is 25.7 Å². The van der Waals surface area contributed by atoms with Gasteiger partial charge in [0.1, 0.15) is 19.3 Å². The van der Waals surface area contributed by atoms with E-state index in [0.717, 1.165) is 89.9 Å². The van der Waals surface area contributed by atoms with Crippen molar-refractivity contribution in [2.24, 2.45) is 0 Å². The van der Waals surface area contributed by atoms with E-state index in [2.05, 4.69) is 27.7 Å². The molecule has 0 radical (unpaired) electrons. The van der Waals surface area contributed by atoms with Crippen molar-refractivity contribution in [1.29, 1.82) is 0 Å². The van der Waals surface area contributed by atoms with Gasteiger partial charge in [0, 0.05) is 25.7 Å². The summed E-state index contributed by atoms with van der Waals surface area (Å²) in [4.78, 5) is 73.2. The minimum Gasteiger partial charge on any atom is -0.462 e. The highest BCUT2D eigenvalue weighted by atomic mass is 31.2. The number of rotatable bonds is 86. The summed E-state index contributed by atoms with van der Waals surface area (Å²) in [6.45, 7) is 5.05. The SMILES string of the molecule is CCCCCCCCCCCCCCCCCCCCCCCCC(=O)O[C@H](COC(=O)CCCCCCCCCCCCCCCCCCC)COP(=O)(O)OC[C@@H](O)COP(=O)(O)OC[C@@H](COC(=O)CCCCCCCCCCCCCC)OC(=O)CCCCCCCCCCCCCCC. The van der Waals surface area contributed by atoms with Crippen molar-refractivity contribution in [3.05, 3.63) is 0 Å². The van der Waals surface area contributed by atoms with Gasteiger partial charge in [-0.05, 0) is 25.7 Å². The monoisotopic (exact) mass is 1520 g/mol. The van der Waals surface area contributed by atoms with Gasteiger partial charge >= 0.3 is 39.5 Å². The first-order valence-electron chi connectivity index (χ1n) is 44.3. The molecule has 17 nitrogen and oxygen atoms in total. The van der Waals surface area contributed by atoms with E-state index in [1.807, 2.05) is 0 Å². The first kappa shape index (κ1) is 102. The standard InChI is InChI=1S/C85H166O17P2/c1-5-9-13-17-21-25-29-33-35-37-38-39-40-41-43-45-48-52-56-60-64-68-72-85(90)102-81(76-96-83(88)70-66-62-58-54-50-47-44-42-36-34-30-26-22-18-14-10-6-2)78-100-104(93,94)98-74-79(86)73-97-103(91,92)99-77-80(75-95-82(87)69-65-61-57-53-49-32-28-24-20-16-12-8-4)101-84(89)71-67-63-59-55-51-46-31-27-23-19-15-11-7-3/h79-81,86H,5-78H2,1-4H3,(H,91,92)(H,93,94)/t79-,80+,81+/m0/s1. The molecule has 0 saturated heterocycles. The molecule has 0 rings (SSSR count). The number of unbranched alkanes of at least 4 members (excludes halogenated alkanes) is 60. The molecule has 0 aromatic heterocycles. The fourth-order valence-corrected chi connectivity index (χ4v) is 14.9. The molecule has 104 heavy (non-hydrogen) atoms. The minimum atomic E-state index is -4.96. The van der Waals surface area contributed by atoms with E-state index in [1.165, 1.54) is 295 Å². The molecule has 2 unspecified atom stereocenters. The van der Waals surface area contributed by atoms with E-state index in [4.69, 9.17) is 37.0 Å². The number of phosphoric ester groups is 2. The molecule has 0 bridgehead atoms. The summed E-state index contributed by atoms with van der Waals surface area (Å²) in [5.74, 6) is -2.10. The third-order valence-corrected chi connectivity index (χ3v) is 22.0. The number of phosphoric acid groups is 2. The van der Waals surface area contributed by atoms with Crippen LogP contribution in [-0.4, -0.2) is 96.7 Å². The Bertz CT molecular complexity index is 1960. The molecule has 0 aromatic carbocycles. The molecule has 0 saturated carbocycles. The first-order chi connectivity index (χ1) is 50.7. The number of carbonyl (C=O) groups excluding carboxylic acids is 4. The Morgan fingerprint density at radius 3 is 0.567 bits per heavy atom. The van der Waals surface area contributed by atoms with Gasteiger partial charge in [-0.2, -0.15) is 0 Å². The van der Waals surface area contributed by atoms with Crippen molar-refractivity contribution in [3.8, 4) is 0 Å². The van der Waals surface area contributed by atoms with Crippen LogP contribution in [0, 0.1) is 0 Å². The third kappa shape index (κ3) is 78.2. The van der Waals surface area contributed by atoms with Crippen LogP contribution in [0.4, 0.5) is 0 Å². The van der Waals surface area contributed by atoms with Gasteiger partial charge in [0.2, 0.25) is 0 Å². The highest BCUT2D eigenvalue weighted by molar-refractivity contribution is 7.47. The van der Waals surface area contributed by atoms with Crippen LogP contribution in [-0.2, 0) is 65.4 Å². The number of aliphatic hydroxyl groups is 1. The largest absolute Gasteiger partial charge is 0.472 e. The molecule has 0 fully saturated rings. The number of hydrogen-bond acceptors (Lipinski definition) is 15. The molecule has 0 aliphatic rings. The Balaban J connectivity index is 5.22. The lowest BCUT2D eigenvalue weighted by atomic mass is 10.0. The lowest BCUT2D eigenvalue weighted by Gasteiger charge is -2.21. The van der Waals surface area contributed by atoms with E-state index < -0.39 is 97.5 Å². The number of hydrogen-bond donors (Lipinski definition) is 3. The fourth-order valence-electron chi connectivity index (χ4n) is 13.3. The van der Waals surface area contributed by atoms with Crippen LogP contribution in [0.2, 0.25) is 0 Å². The normalized spacial score (nSPS) is 13.7. The number of esters is 4. The van der Waals surface area contributed by atoms with Crippen molar-refractivity contribution < 1.29 is 80.2 Å². The molecule has 3 N–H and O–H groups in total. The highest BCUT2D eigenvalue weighted by Gasteiger charge is 2.30. The van der Waals surface area contributed by atoms with Gasteiger partial charge in [-0.25, -0.2) is 9.13 Å².